The van der Waals surface area contributed by atoms with Crippen molar-refractivity contribution in [1.29, 1.82) is 0 Å². The molecule has 84 valence electrons. The smallest absolute Gasteiger partial charge is 0.309 e. The van der Waals surface area contributed by atoms with Crippen molar-refractivity contribution in [2.24, 2.45) is 0 Å². The summed E-state index contributed by atoms with van der Waals surface area (Å²) >= 11 is 0. The summed E-state index contributed by atoms with van der Waals surface area (Å²) in [4.78, 5) is 0. The minimum absolute atomic E-state index is 0.0552. The monoisotopic (exact) mass is 220 g/mol. The molecule has 0 rings (SSSR count). The molecule has 1 unspecified atom stereocenters. The molecule has 4 heteroatoms. The maximum absolute atomic E-state index is 12.1. The van der Waals surface area contributed by atoms with Gasteiger partial charge in [0.1, 0.15) is 0 Å². The Kier molecular flexibility index (Phi) is 7.16. The van der Waals surface area contributed by atoms with E-state index >= 15 is 0 Å². The Hall–Kier alpha value is -0.110. The second-order valence-electron chi connectivity index (χ2n) is 3.09. The van der Waals surface area contributed by atoms with Crippen LogP contribution in [-0.2, 0) is 13.6 Å². The molecule has 0 aromatic rings. The van der Waals surface area contributed by atoms with Crippen molar-refractivity contribution in [1.82, 2.24) is 0 Å². The van der Waals surface area contributed by atoms with Crippen LogP contribution in [0.5, 0.6) is 0 Å². The van der Waals surface area contributed by atoms with E-state index in [0.29, 0.717) is 13.2 Å². The Balaban J connectivity index is 4.30. The van der Waals surface area contributed by atoms with Gasteiger partial charge in [0.05, 0.1) is 18.9 Å². The molecule has 0 heterocycles. The lowest BCUT2D eigenvalue weighted by atomic mass is 10.2. The summed E-state index contributed by atoms with van der Waals surface area (Å²) in [5, 5.41) is 0. The van der Waals surface area contributed by atoms with Crippen molar-refractivity contribution < 1.29 is 13.6 Å². The number of hydrogen-bond donors (Lipinski definition) is 0. The molecule has 0 aromatic carbocycles. The highest BCUT2D eigenvalue weighted by atomic mass is 31.2. The first-order valence-electron chi connectivity index (χ1n) is 5.10. The van der Waals surface area contributed by atoms with E-state index in [4.69, 9.17) is 9.05 Å². The van der Waals surface area contributed by atoms with Crippen LogP contribution in [0, 0.1) is 0 Å². The molecule has 0 amide bonds. The van der Waals surface area contributed by atoms with Crippen LogP contribution in [0.25, 0.3) is 0 Å². The van der Waals surface area contributed by atoms with E-state index in [1.54, 1.807) is 0 Å². The van der Waals surface area contributed by atoms with Gasteiger partial charge in [0.2, 0.25) is 0 Å². The molecule has 0 aliphatic heterocycles. The summed E-state index contributed by atoms with van der Waals surface area (Å²) in [7, 11) is -2.89. The highest BCUT2D eigenvalue weighted by Crippen LogP contribution is 2.54. The molecule has 0 aliphatic rings. The average Bonchev–Trinajstić information content (AvgIpc) is 2.15. The van der Waals surface area contributed by atoms with E-state index in [0.717, 1.165) is 12.8 Å². The summed E-state index contributed by atoms with van der Waals surface area (Å²) in [6.07, 6.45) is 3.45. The van der Waals surface area contributed by atoms with E-state index in [1.807, 2.05) is 26.8 Å². The molecule has 0 aliphatic carbocycles. The molecule has 0 fully saturated rings. The Morgan fingerprint density at radius 2 is 1.86 bits per heavy atom. The lowest BCUT2D eigenvalue weighted by Gasteiger charge is -2.22. The number of rotatable bonds is 8. The average molecular weight is 220 g/mol. The van der Waals surface area contributed by atoms with Crippen molar-refractivity contribution in [2.75, 3.05) is 13.2 Å². The molecular formula is C10H21O3P. The third-order valence-electron chi connectivity index (χ3n) is 1.95. The molecular weight excluding hydrogens is 199 g/mol. The van der Waals surface area contributed by atoms with Crippen molar-refractivity contribution in [2.45, 2.75) is 39.3 Å². The molecule has 0 aromatic heterocycles. The van der Waals surface area contributed by atoms with Gasteiger partial charge >= 0.3 is 7.60 Å². The molecule has 0 bridgehead atoms. The quantitative estimate of drug-likeness (QED) is 0.463. The van der Waals surface area contributed by atoms with Gasteiger partial charge in [0.25, 0.3) is 0 Å². The largest absolute Gasteiger partial charge is 0.333 e. The van der Waals surface area contributed by atoms with Crippen molar-refractivity contribution in [3.63, 3.8) is 0 Å². The summed E-state index contributed by atoms with van der Waals surface area (Å²) < 4.78 is 22.6. The van der Waals surface area contributed by atoms with Gasteiger partial charge in [-0.3, -0.25) is 4.57 Å². The maximum Gasteiger partial charge on any atom is 0.333 e. The third kappa shape index (κ3) is 4.41. The molecule has 0 radical (unpaired) electrons. The molecule has 0 spiro atoms. The predicted molar refractivity (Wildman–Crippen MR) is 59.8 cm³/mol. The molecule has 14 heavy (non-hydrogen) atoms. The first-order valence-corrected chi connectivity index (χ1v) is 6.71. The van der Waals surface area contributed by atoms with Crippen molar-refractivity contribution in [3.05, 3.63) is 12.7 Å². The molecule has 0 N–H and O–H groups in total. The van der Waals surface area contributed by atoms with Crippen LogP contribution < -0.4 is 0 Å². The van der Waals surface area contributed by atoms with Crippen LogP contribution in [0.2, 0.25) is 0 Å². The number of allylic oxidation sites excluding steroid dienone is 1. The van der Waals surface area contributed by atoms with Gasteiger partial charge in [-0.25, -0.2) is 0 Å². The van der Waals surface area contributed by atoms with Gasteiger partial charge in [0.15, 0.2) is 0 Å². The SMILES string of the molecule is C=CCCC(C)P(=O)(OCC)OCC. The minimum Gasteiger partial charge on any atom is -0.309 e. The fourth-order valence-electron chi connectivity index (χ4n) is 1.17. The Morgan fingerprint density at radius 3 is 2.21 bits per heavy atom. The van der Waals surface area contributed by atoms with Crippen LogP contribution in [0.3, 0.4) is 0 Å². The molecule has 1 atom stereocenters. The topological polar surface area (TPSA) is 35.5 Å². The van der Waals surface area contributed by atoms with Crippen molar-refractivity contribution in [3.8, 4) is 0 Å². The van der Waals surface area contributed by atoms with E-state index < -0.39 is 7.60 Å². The third-order valence-corrected chi connectivity index (χ3v) is 4.52. The summed E-state index contributed by atoms with van der Waals surface area (Å²) in [5.74, 6) is 0. The van der Waals surface area contributed by atoms with Crippen LogP contribution >= 0.6 is 7.60 Å². The van der Waals surface area contributed by atoms with Crippen LogP contribution in [0.4, 0.5) is 0 Å². The Bertz CT molecular complexity index is 194. The Labute approximate surface area is 87.0 Å². The summed E-state index contributed by atoms with van der Waals surface area (Å²) in [5.41, 5.74) is -0.0552. The number of hydrogen-bond acceptors (Lipinski definition) is 3. The Morgan fingerprint density at radius 1 is 1.36 bits per heavy atom. The first-order chi connectivity index (χ1) is 6.60. The van der Waals surface area contributed by atoms with Crippen LogP contribution in [-0.4, -0.2) is 18.9 Å². The first kappa shape index (κ1) is 13.9. The standard InChI is InChI=1S/C10H21O3P/c1-5-8-9-10(4)14(11,12-6-2)13-7-3/h5,10H,1,6-9H2,2-4H3. The van der Waals surface area contributed by atoms with E-state index in [9.17, 15) is 4.57 Å². The van der Waals surface area contributed by atoms with Crippen LogP contribution in [0.15, 0.2) is 12.7 Å². The minimum atomic E-state index is -2.89. The lowest BCUT2D eigenvalue weighted by Crippen LogP contribution is -2.09. The maximum atomic E-state index is 12.1. The fourth-order valence-corrected chi connectivity index (χ4v) is 2.94. The fraction of sp³-hybridized carbons (Fsp3) is 0.800. The van der Waals surface area contributed by atoms with Gasteiger partial charge in [-0.1, -0.05) is 13.0 Å². The molecule has 3 nitrogen and oxygen atoms in total. The molecule has 0 saturated carbocycles. The van der Waals surface area contributed by atoms with E-state index in [-0.39, 0.29) is 5.66 Å². The van der Waals surface area contributed by atoms with Gasteiger partial charge in [-0.05, 0) is 26.7 Å². The highest BCUT2D eigenvalue weighted by Gasteiger charge is 2.30. The predicted octanol–water partition coefficient (Wildman–Crippen LogP) is 3.61. The second-order valence-corrected chi connectivity index (χ2v) is 5.57. The van der Waals surface area contributed by atoms with E-state index in [2.05, 4.69) is 6.58 Å². The zero-order valence-electron chi connectivity index (χ0n) is 9.36. The van der Waals surface area contributed by atoms with E-state index in [1.165, 1.54) is 0 Å². The summed E-state index contributed by atoms with van der Waals surface area (Å²) in [6.45, 7) is 10.0. The zero-order valence-corrected chi connectivity index (χ0v) is 10.3. The highest BCUT2D eigenvalue weighted by molar-refractivity contribution is 7.54. The van der Waals surface area contributed by atoms with Gasteiger partial charge in [0, 0.05) is 0 Å². The van der Waals surface area contributed by atoms with Gasteiger partial charge < -0.3 is 9.05 Å². The van der Waals surface area contributed by atoms with Gasteiger partial charge in [-0.15, -0.1) is 6.58 Å². The normalized spacial score (nSPS) is 13.9. The zero-order chi connectivity index (χ0) is 11.0. The van der Waals surface area contributed by atoms with Crippen LogP contribution in [0.1, 0.15) is 33.6 Å². The molecule has 0 saturated heterocycles. The summed E-state index contributed by atoms with van der Waals surface area (Å²) in [6, 6.07) is 0. The lowest BCUT2D eigenvalue weighted by molar-refractivity contribution is 0.212. The van der Waals surface area contributed by atoms with Gasteiger partial charge in [-0.2, -0.15) is 0 Å². The second kappa shape index (κ2) is 7.22. The van der Waals surface area contributed by atoms with Crippen molar-refractivity contribution >= 4 is 7.60 Å².